The number of hydrogen-bond acceptors (Lipinski definition) is 2. The Kier molecular flexibility index (Phi) is 5.51. The number of fused-ring (bicyclic) bond motifs is 1. The summed E-state index contributed by atoms with van der Waals surface area (Å²) in [6, 6.07) is 19.3. The summed E-state index contributed by atoms with van der Waals surface area (Å²) >= 11 is 6.15. The van der Waals surface area contributed by atoms with Gasteiger partial charge in [-0.25, -0.2) is 4.39 Å². The van der Waals surface area contributed by atoms with Gasteiger partial charge in [0.1, 0.15) is 5.82 Å². The second kappa shape index (κ2) is 8.25. The maximum absolute atomic E-state index is 13.1. The van der Waals surface area contributed by atoms with Gasteiger partial charge >= 0.3 is 0 Å². The van der Waals surface area contributed by atoms with Crippen LogP contribution in [0.3, 0.4) is 0 Å². The van der Waals surface area contributed by atoms with E-state index in [0.717, 1.165) is 33.2 Å². The number of amides is 1. The summed E-state index contributed by atoms with van der Waals surface area (Å²) in [4.78, 5) is 17.3. The zero-order valence-corrected chi connectivity index (χ0v) is 17.4. The topological polar surface area (TPSA) is 42.0 Å². The van der Waals surface area contributed by atoms with Crippen molar-refractivity contribution in [3.63, 3.8) is 0 Å². The number of nitrogens with one attached hydrogen (secondary N) is 1. The third-order valence-electron chi connectivity index (χ3n) is 5.16. The van der Waals surface area contributed by atoms with E-state index in [-0.39, 0.29) is 17.1 Å². The molecule has 0 radical (unpaired) electrons. The summed E-state index contributed by atoms with van der Waals surface area (Å²) in [5.74, 6) is -0.475. The quantitative estimate of drug-likeness (QED) is 0.366. The second-order valence-electron chi connectivity index (χ2n) is 7.23. The molecule has 1 atom stereocenters. The molecule has 1 unspecified atom stereocenters. The number of pyridine rings is 1. The number of aryl methyl sites for hydroxylation is 1. The molecule has 1 N–H and O–H groups in total. The van der Waals surface area contributed by atoms with Crippen molar-refractivity contribution in [2.24, 2.45) is 0 Å². The Morgan fingerprint density at radius 3 is 2.27 bits per heavy atom. The van der Waals surface area contributed by atoms with Crippen LogP contribution in [0.4, 0.5) is 10.1 Å². The second-order valence-corrected chi connectivity index (χ2v) is 7.89. The van der Waals surface area contributed by atoms with Crippen LogP contribution in [-0.4, -0.2) is 10.9 Å². The van der Waals surface area contributed by atoms with E-state index in [1.54, 1.807) is 30.5 Å². The van der Waals surface area contributed by atoms with E-state index in [1.807, 2.05) is 44.2 Å². The number of nitrogens with zero attached hydrogens (tertiary/aromatic N) is 1. The molecule has 4 aromatic rings. The van der Waals surface area contributed by atoms with Crippen molar-refractivity contribution in [2.45, 2.75) is 19.2 Å². The van der Waals surface area contributed by atoms with Gasteiger partial charge in [-0.15, -0.1) is 11.6 Å². The van der Waals surface area contributed by atoms with Gasteiger partial charge in [-0.2, -0.15) is 0 Å². The average molecular weight is 419 g/mol. The van der Waals surface area contributed by atoms with Crippen LogP contribution in [0.25, 0.3) is 22.0 Å². The van der Waals surface area contributed by atoms with Gasteiger partial charge in [-0.05, 0) is 72.5 Å². The Morgan fingerprint density at radius 2 is 1.63 bits per heavy atom. The molecule has 0 aliphatic heterocycles. The number of carbonyl (C=O) groups excluding carboxylic acids is 1. The van der Waals surface area contributed by atoms with E-state index in [4.69, 9.17) is 11.6 Å². The van der Waals surface area contributed by atoms with Crippen LogP contribution in [0.2, 0.25) is 0 Å². The van der Waals surface area contributed by atoms with Gasteiger partial charge in [-0.3, -0.25) is 9.78 Å². The molecular formula is C25H20ClFN2O. The van der Waals surface area contributed by atoms with Gasteiger partial charge in [0.2, 0.25) is 0 Å². The van der Waals surface area contributed by atoms with E-state index in [0.29, 0.717) is 11.3 Å². The molecule has 3 aromatic carbocycles. The first-order valence-corrected chi connectivity index (χ1v) is 10.1. The Balaban J connectivity index is 1.56. The highest BCUT2D eigenvalue weighted by atomic mass is 35.5. The number of alkyl halides is 1. The van der Waals surface area contributed by atoms with Gasteiger partial charge in [-0.1, -0.05) is 30.3 Å². The smallest absolute Gasteiger partial charge is 0.255 e. The zero-order valence-electron chi connectivity index (χ0n) is 16.6. The van der Waals surface area contributed by atoms with E-state index in [1.165, 1.54) is 12.1 Å². The predicted octanol–water partition coefficient (Wildman–Crippen LogP) is 6.90. The fourth-order valence-corrected chi connectivity index (χ4v) is 3.49. The molecule has 30 heavy (non-hydrogen) atoms. The van der Waals surface area contributed by atoms with Crippen LogP contribution in [-0.2, 0) is 0 Å². The number of hydrogen-bond donors (Lipinski definition) is 1. The molecule has 150 valence electrons. The van der Waals surface area contributed by atoms with E-state index < -0.39 is 0 Å². The summed E-state index contributed by atoms with van der Waals surface area (Å²) in [6.07, 6.45) is 1.77. The lowest BCUT2D eigenvalue weighted by molar-refractivity contribution is 0.102. The standard InChI is InChI=1S/C25H20ClFN2O/c1-15-23(12-9-20-13-21(16(2)26)14-28-24(15)20)29-25(30)19-5-3-17(4-6-19)18-7-10-22(27)11-8-18/h3-14,16H,1-2H3,(H,29,30). The number of rotatable bonds is 4. The number of aromatic nitrogens is 1. The lowest BCUT2D eigenvalue weighted by Crippen LogP contribution is -2.12. The molecule has 1 aromatic heterocycles. The molecule has 1 heterocycles. The van der Waals surface area contributed by atoms with Crippen molar-refractivity contribution < 1.29 is 9.18 Å². The SMILES string of the molecule is Cc1c(NC(=O)c2ccc(-c3ccc(F)cc3)cc2)ccc2cc(C(C)Cl)cnc12. The lowest BCUT2D eigenvalue weighted by atomic mass is 10.0. The van der Waals surface area contributed by atoms with E-state index in [9.17, 15) is 9.18 Å². The number of halogens is 2. The maximum atomic E-state index is 13.1. The van der Waals surface area contributed by atoms with Crippen molar-refractivity contribution >= 4 is 34.1 Å². The van der Waals surface area contributed by atoms with Gasteiger partial charge in [0.25, 0.3) is 5.91 Å². The fraction of sp³-hybridized carbons (Fsp3) is 0.120. The van der Waals surface area contributed by atoms with Crippen LogP contribution in [0.1, 0.15) is 33.8 Å². The number of benzene rings is 3. The fourth-order valence-electron chi connectivity index (χ4n) is 3.37. The number of carbonyl (C=O) groups is 1. The summed E-state index contributed by atoms with van der Waals surface area (Å²) in [5, 5.41) is 3.84. The first kappa shape index (κ1) is 20.0. The summed E-state index contributed by atoms with van der Waals surface area (Å²) in [7, 11) is 0. The van der Waals surface area contributed by atoms with Gasteiger partial charge in [0.05, 0.1) is 10.9 Å². The molecule has 0 bridgehead atoms. The van der Waals surface area contributed by atoms with Crippen LogP contribution in [0.5, 0.6) is 0 Å². The minimum absolute atomic E-state index is 0.112. The molecule has 0 saturated carbocycles. The van der Waals surface area contributed by atoms with Gasteiger partial charge in [0.15, 0.2) is 0 Å². The van der Waals surface area contributed by atoms with Gasteiger partial charge < -0.3 is 5.32 Å². The molecular weight excluding hydrogens is 399 g/mol. The largest absolute Gasteiger partial charge is 0.322 e. The summed E-state index contributed by atoms with van der Waals surface area (Å²) < 4.78 is 13.1. The van der Waals surface area contributed by atoms with Crippen molar-refractivity contribution in [2.75, 3.05) is 5.32 Å². The van der Waals surface area contributed by atoms with Crippen molar-refractivity contribution in [1.82, 2.24) is 4.98 Å². The van der Waals surface area contributed by atoms with Gasteiger partial charge in [0, 0.05) is 22.8 Å². The van der Waals surface area contributed by atoms with E-state index in [2.05, 4.69) is 10.3 Å². The molecule has 0 spiro atoms. The molecule has 5 heteroatoms. The Hall–Kier alpha value is -3.24. The van der Waals surface area contributed by atoms with Crippen molar-refractivity contribution in [3.8, 4) is 11.1 Å². The zero-order chi connectivity index (χ0) is 21.3. The number of anilines is 1. The van der Waals surface area contributed by atoms with Crippen molar-refractivity contribution in [3.05, 3.63) is 95.4 Å². The molecule has 0 saturated heterocycles. The highest BCUT2D eigenvalue weighted by molar-refractivity contribution is 6.20. The lowest BCUT2D eigenvalue weighted by Gasteiger charge is -2.12. The minimum atomic E-state index is -0.275. The molecule has 0 aliphatic carbocycles. The Bertz CT molecular complexity index is 1220. The monoisotopic (exact) mass is 418 g/mol. The molecule has 4 rings (SSSR count). The molecule has 1 amide bonds. The molecule has 3 nitrogen and oxygen atoms in total. The highest BCUT2D eigenvalue weighted by Crippen LogP contribution is 2.28. The van der Waals surface area contributed by atoms with E-state index >= 15 is 0 Å². The summed E-state index contributed by atoms with van der Waals surface area (Å²) in [6.45, 7) is 3.85. The third kappa shape index (κ3) is 4.05. The highest BCUT2D eigenvalue weighted by Gasteiger charge is 2.12. The predicted molar refractivity (Wildman–Crippen MR) is 121 cm³/mol. The Morgan fingerprint density at radius 1 is 1.00 bits per heavy atom. The molecule has 0 fully saturated rings. The third-order valence-corrected chi connectivity index (χ3v) is 5.41. The minimum Gasteiger partial charge on any atom is -0.322 e. The van der Waals surface area contributed by atoms with Crippen LogP contribution < -0.4 is 5.32 Å². The normalized spacial score (nSPS) is 12.0. The molecule has 0 aliphatic rings. The first-order chi connectivity index (χ1) is 14.4. The maximum Gasteiger partial charge on any atom is 0.255 e. The first-order valence-electron chi connectivity index (χ1n) is 9.63. The van der Waals surface area contributed by atoms with Crippen LogP contribution >= 0.6 is 11.6 Å². The average Bonchev–Trinajstić information content (AvgIpc) is 2.76. The van der Waals surface area contributed by atoms with Crippen LogP contribution in [0.15, 0.2) is 72.9 Å². The summed E-state index contributed by atoms with van der Waals surface area (Å²) in [5.41, 5.74) is 5.76. The van der Waals surface area contributed by atoms with Crippen molar-refractivity contribution in [1.29, 1.82) is 0 Å². The Labute approximate surface area is 179 Å². The van der Waals surface area contributed by atoms with Crippen LogP contribution in [0, 0.1) is 12.7 Å².